The average molecular weight is 286 g/mol. The predicted molar refractivity (Wildman–Crippen MR) is 80.8 cm³/mol. The summed E-state index contributed by atoms with van der Waals surface area (Å²) in [7, 11) is 0. The summed E-state index contributed by atoms with van der Waals surface area (Å²) in [4.78, 5) is 22.2. The Morgan fingerprint density at radius 3 is 2.33 bits per heavy atom. The lowest BCUT2D eigenvalue weighted by atomic mass is 10.2. The molecule has 0 spiro atoms. The minimum atomic E-state index is -0.928. The maximum atomic E-state index is 11.1. The first-order valence-corrected chi connectivity index (χ1v) is 6.27. The van der Waals surface area contributed by atoms with Gasteiger partial charge in [-0.05, 0) is 36.8 Å². The van der Waals surface area contributed by atoms with Gasteiger partial charge in [-0.1, -0.05) is 30.7 Å². The molecule has 0 aromatic heterocycles. The zero-order valence-electron chi connectivity index (χ0n) is 12.4. The van der Waals surface area contributed by atoms with Gasteiger partial charge in [0.1, 0.15) is 0 Å². The Labute approximate surface area is 125 Å². The van der Waals surface area contributed by atoms with E-state index in [1.54, 1.807) is 18.2 Å². The second-order valence-electron chi connectivity index (χ2n) is 3.76. The molecule has 0 heterocycles. The molecule has 21 heavy (non-hydrogen) atoms. The summed E-state index contributed by atoms with van der Waals surface area (Å²) in [6, 6.07) is 0. The van der Waals surface area contributed by atoms with Crippen LogP contribution in [0, 0.1) is 23.7 Å². The van der Waals surface area contributed by atoms with Gasteiger partial charge in [0.15, 0.2) is 6.10 Å². The van der Waals surface area contributed by atoms with Crippen LogP contribution < -0.4 is 0 Å². The van der Waals surface area contributed by atoms with E-state index in [-0.39, 0.29) is 0 Å². The van der Waals surface area contributed by atoms with Gasteiger partial charge in [0, 0.05) is 13.8 Å². The maximum Gasteiger partial charge on any atom is 0.304 e. The molecule has 0 aliphatic carbocycles. The van der Waals surface area contributed by atoms with E-state index in [4.69, 9.17) is 9.47 Å². The van der Waals surface area contributed by atoms with E-state index >= 15 is 0 Å². The fourth-order valence-electron chi connectivity index (χ4n) is 1.21. The van der Waals surface area contributed by atoms with Crippen LogP contribution in [0.15, 0.2) is 37.0 Å². The van der Waals surface area contributed by atoms with Crippen LogP contribution in [-0.2, 0) is 19.1 Å². The van der Waals surface area contributed by atoms with Gasteiger partial charge in [-0.2, -0.15) is 0 Å². The van der Waals surface area contributed by atoms with Crippen molar-refractivity contribution < 1.29 is 19.1 Å². The first-order valence-electron chi connectivity index (χ1n) is 6.27. The normalized spacial score (nSPS) is 12.5. The summed E-state index contributed by atoms with van der Waals surface area (Å²) in [5.41, 5.74) is 0. The lowest BCUT2D eigenvalue weighted by molar-refractivity contribution is -0.157. The van der Waals surface area contributed by atoms with Crippen molar-refractivity contribution in [2.24, 2.45) is 0 Å². The van der Waals surface area contributed by atoms with Crippen molar-refractivity contribution in [1.82, 2.24) is 0 Å². The van der Waals surface area contributed by atoms with Crippen molar-refractivity contribution in [1.29, 1.82) is 0 Å². The molecule has 4 nitrogen and oxygen atoms in total. The van der Waals surface area contributed by atoms with Crippen LogP contribution in [-0.4, -0.2) is 24.1 Å². The topological polar surface area (TPSA) is 52.6 Å². The van der Waals surface area contributed by atoms with E-state index in [1.807, 2.05) is 6.92 Å². The molecule has 0 aromatic carbocycles. The first kappa shape index (κ1) is 18.3. The van der Waals surface area contributed by atoms with Crippen LogP contribution in [0.2, 0.25) is 0 Å². The molecule has 2 atom stereocenters. The highest BCUT2D eigenvalue weighted by Gasteiger charge is 2.22. The summed E-state index contributed by atoms with van der Waals surface area (Å²) in [5, 5.41) is 0. The van der Waals surface area contributed by atoms with Gasteiger partial charge in [0.25, 0.3) is 0 Å². The van der Waals surface area contributed by atoms with Crippen LogP contribution in [0.25, 0.3) is 0 Å². The zero-order valence-corrected chi connectivity index (χ0v) is 12.4. The molecule has 0 aromatic rings. The van der Waals surface area contributed by atoms with Crippen molar-refractivity contribution in [2.75, 3.05) is 0 Å². The number of ether oxygens (including phenoxy) is 2. The van der Waals surface area contributed by atoms with E-state index in [0.717, 1.165) is 0 Å². The van der Waals surface area contributed by atoms with Crippen molar-refractivity contribution >= 4 is 11.9 Å². The largest absolute Gasteiger partial charge is 0.453 e. The van der Waals surface area contributed by atoms with Crippen molar-refractivity contribution in [3.8, 4) is 23.7 Å². The highest BCUT2D eigenvalue weighted by atomic mass is 16.6. The van der Waals surface area contributed by atoms with Crippen LogP contribution in [0.4, 0.5) is 0 Å². The first-order chi connectivity index (χ1) is 10.0. The molecule has 0 radical (unpaired) electrons. The quantitative estimate of drug-likeness (QED) is 0.441. The Balaban J connectivity index is 5.25. The summed E-state index contributed by atoms with van der Waals surface area (Å²) >= 11 is 0. The second kappa shape index (κ2) is 11.1. The third kappa shape index (κ3) is 9.81. The summed E-state index contributed by atoms with van der Waals surface area (Å²) in [5.74, 6) is 9.45. The number of esters is 2. The highest BCUT2D eigenvalue weighted by Crippen LogP contribution is 2.07. The average Bonchev–Trinajstić information content (AvgIpc) is 2.41. The smallest absolute Gasteiger partial charge is 0.304 e. The van der Waals surface area contributed by atoms with Gasteiger partial charge in [-0.25, -0.2) is 0 Å². The lowest BCUT2D eigenvalue weighted by Crippen LogP contribution is -2.31. The number of hydrogen-bond acceptors (Lipinski definition) is 4. The third-order valence-electron chi connectivity index (χ3n) is 1.93. The minimum Gasteiger partial charge on any atom is -0.453 e. The predicted octanol–water partition coefficient (Wildman–Crippen LogP) is 2.17. The van der Waals surface area contributed by atoms with Gasteiger partial charge < -0.3 is 9.47 Å². The molecule has 0 N–H and O–H groups in total. The number of allylic oxidation sites excluding steroid dienone is 4. The molecule has 0 saturated carbocycles. The lowest BCUT2D eigenvalue weighted by Gasteiger charge is -2.19. The summed E-state index contributed by atoms with van der Waals surface area (Å²) in [6.07, 6.45) is 6.29. The molecular weight excluding hydrogens is 268 g/mol. The van der Waals surface area contributed by atoms with Crippen molar-refractivity contribution in [3.05, 3.63) is 37.0 Å². The number of rotatable bonds is 5. The molecule has 110 valence electrons. The molecule has 4 heteroatoms. The standard InChI is InChI=1S/C17H18O4/c1-5-7-9-10-11-13-17(21-15(4)19)16(12-8-6-2)20-14(3)18/h5-8,12,16-17H,2H2,1,3-4H3/b7-5+,12-8+/t16-,17+/m1/s1. The SMILES string of the molecule is C=C/C=C/[C@@H](OC(C)=O)[C@H](C#CC#C/C=C/C)OC(C)=O. The molecule has 0 rings (SSSR count). The molecule has 0 aliphatic heterocycles. The summed E-state index contributed by atoms with van der Waals surface area (Å²) in [6.45, 7) is 7.88. The monoisotopic (exact) mass is 286 g/mol. The highest BCUT2D eigenvalue weighted by molar-refractivity contribution is 5.68. The molecule has 0 aliphatic rings. The van der Waals surface area contributed by atoms with Crippen LogP contribution in [0.3, 0.4) is 0 Å². The maximum absolute atomic E-state index is 11.1. The van der Waals surface area contributed by atoms with Crippen molar-refractivity contribution in [2.45, 2.75) is 33.0 Å². The van der Waals surface area contributed by atoms with E-state index < -0.39 is 24.1 Å². The molecule has 0 bridgehead atoms. The van der Waals surface area contributed by atoms with Crippen molar-refractivity contribution in [3.63, 3.8) is 0 Å². The van der Waals surface area contributed by atoms with Gasteiger partial charge >= 0.3 is 11.9 Å². The molecular formula is C17H18O4. The molecule has 0 unspecified atom stereocenters. The number of carbonyl (C=O) groups excluding carboxylic acids is 2. The van der Waals surface area contributed by atoms with E-state index in [1.165, 1.54) is 26.0 Å². The van der Waals surface area contributed by atoms with Gasteiger partial charge in [-0.3, -0.25) is 9.59 Å². The Kier molecular flexibility index (Phi) is 9.69. The van der Waals surface area contributed by atoms with Crippen LogP contribution >= 0.6 is 0 Å². The van der Waals surface area contributed by atoms with E-state index in [0.29, 0.717) is 0 Å². The molecule has 0 amide bonds. The third-order valence-corrected chi connectivity index (χ3v) is 1.93. The van der Waals surface area contributed by atoms with E-state index in [9.17, 15) is 9.59 Å². The Hall–Kier alpha value is -2.72. The summed E-state index contributed by atoms with van der Waals surface area (Å²) < 4.78 is 10.1. The molecule has 0 saturated heterocycles. The Morgan fingerprint density at radius 2 is 1.81 bits per heavy atom. The molecule has 0 fully saturated rings. The Bertz CT molecular complexity index is 547. The second-order valence-corrected chi connectivity index (χ2v) is 3.76. The van der Waals surface area contributed by atoms with Crippen LogP contribution in [0.5, 0.6) is 0 Å². The Morgan fingerprint density at radius 1 is 1.14 bits per heavy atom. The minimum absolute atomic E-state index is 0.507. The van der Waals surface area contributed by atoms with Gasteiger partial charge in [-0.15, -0.1) is 0 Å². The number of carbonyl (C=O) groups is 2. The fourth-order valence-corrected chi connectivity index (χ4v) is 1.21. The van der Waals surface area contributed by atoms with E-state index in [2.05, 4.69) is 30.3 Å². The van der Waals surface area contributed by atoms with Crippen LogP contribution in [0.1, 0.15) is 20.8 Å². The number of hydrogen-bond donors (Lipinski definition) is 0. The van der Waals surface area contributed by atoms with Gasteiger partial charge in [0.2, 0.25) is 6.10 Å². The fraction of sp³-hybridized carbons (Fsp3) is 0.294. The van der Waals surface area contributed by atoms with Gasteiger partial charge in [0.05, 0.1) is 0 Å². The zero-order chi connectivity index (χ0) is 16.1.